The summed E-state index contributed by atoms with van der Waals surface area (Å²) < 4.78 is 16.9. The molecule has 0 amide bonds. The van der Waals surface area contributed by atoms with Crippen molar-refractivity contribution in [1.29, 1.82) is 0 Å². The first-order valence-electron chi connectivity index (χ1n) is 5.21. The van der Waals surface area contributed by atoms with Gasteiger partial charge in [0.25, 0.3) is 0 Å². The van der Waals surface area contributed by atoms with Gasteiger partial charge in [0.2, 0.25) is 0 Å². The van der Waals surface area contributed by atoms with E-state index in [-0.39, 0.29) is 0 Å². The van der Waals surface area contributed by atoms with Crippen LogP contribution >= 0.6 is 27.3 Å². The molecule has 0 atom stereocenters. The Labute approximate surface area is 109 Å². The molecule has 0 fully saturated rings. The van der Waals surface area contributed by atoms with Crippen molar-refractivity contribution in [3.63, 3.8) is 0 Å². The summed E-state index contributed by atoms with van der Waals surface area (Å²) in [7, 11) is 1.67. The van der Waals surface area contributed by atoms with Crippen molar-refractivity contribution in [3.8, 4) is 0 Å². The Kier molecular flexibility index (Phi) is 8.06. The van der Waals surface area contributed by atoms with Crippen molar-refractivity contribution >= 4 is 27.3 Å². The topological polar surface area (TPSA) is 27.7 Å². The Bertz CT molecular complexity index is 278. The standard InChI is InChI=1S/C11H17BrO3S/c1-13-7-8-14-5-2-6-15-9-10-3-4-11(12)16-10/h3-4H,2,5-9H2,1H3. The monoisotopic (exact) mass is 308 g/mol. The van der Waals surface area contributed by atoms with Gasteiger partial charge in [0.05, 0.1) is 23.6 Å². The van der Waals surface area contributed by atoms with E-state index in [1.165, 1.54) is 4.88 Å². The summed E-state index contributed by atoms with van der Waals surface area (Å²) in [6, 6.07) is 4.11. The van der Waals surface area contributed by atoms with Gasteiger partial charge in [-0.3, -0.25) is 0 Å². The van der Waals surface area contributed by atoms with Crippen LogP contribution in [0.15, 0.2) is 15.9 Å². The third-order valence-electron chi connectivity index (χ3n) is 1.88. The molecular weight excluding hydrogens is 292 g/mol. The SMILES string of the molecule is COCCOCCCOCc1ccc(Br)s1. The molecule has 0 spiro atoms. The normalized spacial score (nSPS) is 10.9. The minimum Gasteiger partial charge on any atom is -0.382 e. The average Bonchev–Trinajstić information content (AvgIpc) is 2.68. The van der Waals surface area contributed by atoms with E-state index in [9.17, 15) is 0 Å². The van der Waals surface area contributed by atoms with Gasteiger partial charge in [-0.2, -0.15) is 0 Å². The minimum atomic E-state index is 0.657. The van der Waals surface area contributed by atoms with Crippen molar-refractivity contribution in [2.24, 2.45) is 0 Å². The van der Waals surface area contributed by atoms with E-state index < -0.39 is 0 Å². The van der Waals surface area contributed by atoms with Crippen LogP contribution in [0, 0.1) is 0 Å². The zero-order chi connectivity index (χ0) is 11.6. The van der Waals surface area contributed by atoms with E-state index in [0.29, 0.717) is 19.8 Å². The van der Waals surface area contributed by atoms with Crippen molar-refractivity contribution in [2.75, 3.05) is 33.5 Å². The summed E-state index contributed by atoms with van der Waals surface area (Å²) in [4.78, 5) is 1.24. The van der Waals surface area contributed by atoms with Crippen LogP contribution in [-0.4, -0.2) is 33.5 Å². The van der Waals surface area contributed by atoms with E-state index in [0.717, 1.165) is 23.4 Å². The molecule has 0 radical (unpaired) electrons. The second kappa shape index (κ2) is 9.13. The summed E-state index contributed by atoms with van der Waals surface area (Å²) in [5, 5.41) is 0. The molecule has 0 bridgehead atoms. The molecule has 0 aliphatic rings. The third kappa shape index (κ3) is 6.60. The zero-order valence-electron chi connectivity index (χ0n) is 9.41. The van der Waals surface area contributed by atoms with Crippen LogP contribution in [0.25, 0.3) is 0 Å². The molecule has 0 saturated heterocycles. The number of halogens is 1. The van der Waals surface area contributed by atoms with Crippen molar-refractivity contribution in [2.45, 2.75) is 13.0 Å². The maximum atomic E-state index is 5.52. The molecule has 3 nitrogen and oxygen atoms in total. The highest BCUT2D eigenvalue weighted by atomic mass is 79.9. The van der Waals surface area contributed by atoms with Gasteiger partial charge in [0.1, 0.15) is 0 Å². The van der Waals surface area contributed by atoms with Crippen molar-refractivity contribution in [1.82, 2.24) is 0 Å². The molecule has 1 heterocycles. The van der Waals surface area contributed by atoms with E-state index in [2.05, 4.69) is 22.0 Å². The highest BCUT2D eigenvalue weighted by Crippen LogP contribution is 2.22. The molecule has 0 aliphatic heterocycles. The lowest BCUT2D eigenvalue weighted by Crippen LogP contribution is -2.05. The van der Waals surface area contributed by atoms with Crippen molar-refractivity contribution in [3.05, 3.63) is 20.8 Å². The summed E-state index contributed by atoms with van der Waals surface area (Å²) >= 11 is 5.13. The fourth-order valence-electron chi connectivity index (χ4n) is 1.11. The van der Waals surface area contributed by atoms with Crippen LogP contribution in [0.4, 0.5) is 0 Å². The Hall–Kier alpha value is 0.0600. The number of hydrogen-bond donors (Lipinski definition) is 0. The van der Waals surface area contributed by atoms with Gasteiger partial charge in [-0.1, -0.05) is 0 Å². The Morgan fingerprint density at radius 1 is 1.12 bits per heavy atom. The lowest BCUT2D eigenvalue weighted by atomic mass is 10.5. The Balaban J connectivity index is 1.88. The maximum Gasteiger partial charge on any atom is 0.0809 e. The molecule has 16 heavy (non-hydrogen) atoms. The Morgan fingerprint density at radius 3 is 2.62 bits per heavy atom. The van der Waals surface area contributed by atoms with Crippen molar-refractivity contribution < 1.29 is 14.2 Å². The number of thiophene rings is 1. The predicted octanol–water partition coefficient (Wildman–Crippen LogP) is 3.08. The van der Waals surface area contributed by atoms with E-state index in [4.69, 9.17) is 14.2 Å². The zero-order valence-corrected chi connectivity index (χ0v) is 11.8. The average molecular weight is 309 g/mol. The van der Waals surface area contributed by atoms with Crippen LogP contribution < -0.4 is 0 Å². The van der Waals surface area contributed by atoms with E-state index in [1.54, 1.807) is 18.4 Å². The number of rotatable bonds is 9. The summed E-state index contributed by atoms with van der Waals surface area (Å²) in [6.07, 6.45) is 0.927. The van der Waals surface area contributed by atoms with Gasteiger partial charge in [-0.15, -0.1) is 11.3 Å². The minimum absolute atomic E-state index is 0.657. The van der Waals surface area contributed by atoms with Crippen LogP contribution in [0.3, 0.4) is 0 Å². The molecule has 0 unspecified atom stereocenters. The van der Waals surface area contributed by atoms with Gasteiger partial charge < -0.3 is 14.2 Å². The first-order chi connectivity index (χ1) is 7.83. The summed E-state index contributed by atoms with van der Waals surface area (Å²) in [6.45, 7) is 3.48. The summed E-state index contributed by atoms with van der Waals surface area (Å²) in [5.74, 6) is 0. The fourth-order valence-corrected chi connectivity index (χ4v) is 2.53. The van der Waals surface area contributed by atoms with Crippen LogP contribution in [0.2, 0.25) is 0 Å². The second-order valence-electron chi connectivity index (χ2n) is 3.22. The molecule has 5 heteroatoms. The van der Waals surface area contributed by atoms with Gasteiger partial charge in [0.15, 0.2) is 0 Å². The lowest BCUT2D eigenvalue weighted by Gasteiger charge is -2.04. The summed E-state index contributed by atoms with van der Waals surface area (Å²) in [5.41, 5.74) is 0. The highest BCUT2D eigenvalue weighted by molar-refractivity contribution is 9.11. The van der Waals surface area contributed by atoms with Gasteiger partial charge in [-0.25, -0.2) is 0 Å². The number of methoxy groups -OCH3 is 1. The van der Waals surface area contributed by atoms with Gasteiger partial charge in [-0.05, 0) is 34.5 Å². The predicted molar refractivity (Wildman–Crippen MR) is 69.0 cm³/mol. The molecule has 92 valence electrons. The first-order valence-corrected chi connectivity index (χ1v) is 6.82. The second-order valence-corrected chi connectivity index (χ2v) is 5.76. The molecule has 0 aromatic carbocycles. The van der Waals surface area contributed by atoms with Crippen LogP contribution in [0.1, 0.15) is 11.3 Å². The third-order valence-corrected chi connectivity index (χ3v) is 3.48. The first kappa shape index (κ1) is 14.1. The van der Waals surface area contributed by atoms with Gasteiger partial charge in [0, 0.05) is 25.2 Å². The molecule has 0 aliphatic carbocycles. The van der Waals surface area contributed by atoms with E-state index >= 15 is 0 Å². The quantitative estimate of drug-likeness (QED) is 0.656. The molecule has 1 rings (SSSR count). The largest absolute Gasteiger partial charge is 0.382 e. The van der Waals surface area contributed by atoms with Crippen LogP contribution in [0.5, 0.6) is 0 Å². The molecular formula is C11H17BrO3S. The lowest BCUT2D eigenvalue weighted by molar-refractivity contribution is 0.0488. The van der Waals surface area contributed by atoms with Crippen LogP contribution in [-0.2, 0) is 20.8 Å². The maximum absolute atomic E-state index is 5.52. The fraction of sp³-hybridized carbons (Fsp3) is 0.636. The molecule has 0 N–H and O–H groups in total. The van der Waals surface area contributed by atoms with E-state index in [1.807, 2.05) is 6.07 Å². The smallest absolute Gasteiger partial charge is 0.0809 e. The Morgan fingerprint density at radius 2 is 1.94 bits per heavy atom. The highest BCUT2D eigenvalue weighted by Gasteiger charge is 1.97. The molecule has 1 aromatic rings. The van der Waals surface area contributed by atoms with Gasteiger partial charge >= 0.3 is 0 Å². The molecule has 0 saturated carbocycles. The number of hydrogen-bond acceptors (Lipinski definition) is 4. The number of ether oxygens (including phenoxy) is 3. The molecule has 1 aromatic heterocycles.